The number of thiazole rings is 1. The molecule has 2 atom stereocenters. The molecule has 0 radical (unpaired) electrons. The Bertz CT molecular complexity index is 1080. The van der Waals surface area contributed by atoms with Crippen molar-refractivity contribution in [3.05, 3.63) is 40.9 Å². The molecule has 34 heavy (non-hydrogen) atoms. The minimum Gasteiger partial charge on any atom is -0.336 e. The Morgan fingerprint density at radius 1 is 1.24 bits per heavy atom. The first-order valence-corrected chi connectivity index (χ1v) is 12.1. The van der Waals surface area contributed by atoms with Crippen molar-refractivity contribution < 1.29 is 22.4 Å². The Balaban J connectivity index is 1.55. The van der Waals surface area contributed by atoms with Gasteiger partial charge in [0.25, 0.3) is 0 Å². The first-order chi connectivity index (χ1) is 15.9. The molecule has 2 fully saturated rings. The van der Waals surface area contributed by atoms with Crippen LogP contribution in [0.25, 0.3) is 10.6 Å². The van der Waals surface area contributed by atoms with E-state index in [0.29, 0.717) is 24.3 Å². The van der Waals surface area contributed by atoms with Crippen LogP contribution in [-0.2, 0) is 4.79 Å². The molecule has 0 unspecified atom stereocenters. The number of halogens is 4. The maximum atomic E-state index is 14.4. The van der Waals surface area contributed by atoms with Crippen LogP contribution in [0.3, 0.4) is 0 Å². The normalized spacial score (nSPS) is 19.2. The quantitative estimate of drug-likeness (QED) is 0.448. The minimum absolute atomic E-state index is 0.0916. The van der Waals surface area contributed by atoms with E-state index in [9.17, 15) is 27.6 Å². The van der Waals surface area contributed by atoms with Crippen LogP contribution >= 0.6 is 11.3 Å². The molecule has 2 aliphatic rings. The molecule has 1 aromatic carbocycles. The summed E-state index contributed by atoms with van der Waals surface area (Å²) >= 11 is 1.46. The van der Waals surface area contributed by atoms with Gasteiger partial charge in [-0.25, -0.2) is 9.37 Å². The van der Waals surface area contributed by atoms with Crippen LogP contribution in [0.15, 0.2) is 29.6 Å². The lowest BCUT2D eigenvalue weighted by molar-refractivity contribution is -0.161. The van der Waals surface area contributed by atoms with Crippen LogP contribution in [0.1, 0.15) is 69.2 Å². The summed E-state index contributed by atoms with van der Waals surface area (Å²) in [7, 11) is 0. The van der Waals surface area contributed by atoms with Gasteiger partial charge in [-0.05, 0) is 45.1 Å². The molecule has 1 aromatic heterocycles. The molecule has 0 spiro atoms. The molecule has 182 valence electrons. The summed E-state index contributed by atoms with van der Waals surface area (Å²) in [5, 5.41) is 16.8. The Kier molecular flexibility index (Phi) is 6.46. The van der Waals surface area contributed by atoms with Gasteiger partial charge in [0.2, 0.25) is 5.91 Å². The van der Waals surface area contributed by atoms with Crippen molar-refractivity contribution in [3.8, 4) is 16.6 Å². The van der Waals surface area contributed by atoms with Gasteiger partial charge in [0.1, 0.15) is 22.3 Å². The summed E-state index contributed by atoms with van der Waals surface area (Å²) in [5.74, 6) is -0.326. The van der Waals surface area contributed by atoms with Crippen molar-refractivity contribution in [2.75, 3.05) is 0 Å². The van der Waals surface area contributed by atoms with E-state index in [1.807, 2.05) is 11.4 Å². The van der Waals surface area contributed by atoms with Gasteiger partial charge in [-0.1, -0.05) is 24.3 Å². The van der Waals surface area contributed by atoms with E-state index in [2.05, 4.69) is 15.6 Å². The maximum absolute atomic E-state index is 14.4. The smallest absolute Gasteiger partial charge is 0.336 e. The number of nitrogens with one attached hydrogen (secondary N) is 2. The van der Waals surface area contributed by atoms with Crippen LogP contribution in [0.2, 0.25) is 0 Å². The zero-order valence-electron chi connectivity index (χ0n) is 18.9. The third kappa shape index (κ3) is 5.94. The molecule has 0 aliphatic heterocycles. The fourth-order valence-corrected chi connectivity index (χ4v) is 4.72. The lowest BCUT2D eigenvalue weighted by Gasteiger charge is -2.30. The van der Waals surface area contributed by atoms with Gasteiger partial charge in [-0.2, -0.15) is 18.4 Å². The molecule has 4 rings (SSSR count). The predicted molar refractivity (Wildman–Crippen MR) is 121 cm³/mol. The molecule has 1 amide bonds. The fourth-order valence-electron chi connectivity index (χ4n) is 3.81. The van der Waals surface area contributed by atoms with E-state index < -0.39 is 41.8 Å². The molecule has 1 heterocycles. The number of carbonyl (C=O) groups is 1. The highest BCUT2D eigenvalue weighted by molar-refractivity contribution is 7.13. The number of benzene rings is 1. The first-order valence-electron chi connectivity index (χ1n) is 11.2. The predicted octanol–water partition coefficient (Wildman–Crippen LogP) is 5.56. The second kappa shape index (κ2) is 8.93. The molecule has 0 bridgehead atoms. The third-order valence-corrected chi connectivity index (χ3v) is 6.95. The summed E-state index contributed by atoms with van der Waals surface area (Å²) in [5.41, 5.74) is -1.33. The van der Waals surface area contributed by atoms with Gasteiger partial charge in [-0.15, -0.1) is 11.3 Å². The van der Waals surface area contributed by atoms with E-state index >= 15 is 0 Å². The summed E-state index contributed by atoms with van der Waals surface area (Å²) in [6.07, 6.45) is -2.14. The zero-order chi connectivity index (χ0) is 24.7. The van der Waals surface area contributed by atoms with Crippen molar-refractivity contribution in [1.82, 2.24) is 15.6 Å². The van der Waals surface area contributed by atoms with Crippen LogP contribution < -0.4 is 10.6 Å². The maximum Gasteiger partial charge on any atom is 0.407 e. The molecule has 0 saturated heterocycles. The number of nitrogens with zero attached hydrogens (tertiary/aromatic N) is 2. The largest absolute Gasteiger partial charge is 0.407 e. The van der Waals surface area contributed by atoms with Crippen LogP contribution in [0.4, 0.5) is 17.6 Å². The molecule has 2 N–H and O–H groups in total. The molecule has 2 aliphatic carbocycles. The first kappa shape index (κ1) is 24.6. The number of carbonyl (C=O) groups excluding carboxylic acids is 1. The zero-order valence-corrected chi connectivity index (χ0v) is 19.7. The van der Waals surface area contributed by atoms with Gasteiger partial charge in [0.15, 0.2) is 0 Å². The molecular weight excluding hydrogens is 468 g/mol. The molecule has 2 saturated carbocycles. The number of aromatic nitrogens is 1. The van der Waals surface area contributed by atoms with Gasteiger partial charge >= 0.3 is 6.18 Å². The van der Waals surface area contributed by atoms with E-state index in [-0.39, 0.29) is 5.56 Å². The Labute approximate surface area is 199 Å². The average Bonchev–Trinajstić information content (AvgIpc) is 3.69. The van der Waals surface area contributed by atoms with E-state index in [1.165, 1.54) is 37.3 Å². The Morgan fingerprint density at radius 3 is 2.38 bits per heavy atom. The number of alkyl halides is 4. The minimum atomic E-state index is -4.73. The highest BCUT2D eigenvalue weighted by Crippen LogP contribution is 2.42. The second-order valence-corrected chi connectivity index (χ2v) is 10.6. The van der Waals surface area contributed by atoms with Crippen molar-refractivity contribution in [2.45, 2.75) is 81.3 Å². The second-order valence-electron chi connectivity index (χ2n) is 9.77. The van der Waals surface area contributed by atoms with Crippen molar-refractivity contribution in [2.24, 2.45) is 0 Å². The van der Waals surface area contributed by atoms with Gasteiger partial charge < -0.3 is 5.32 Å². The molecule has 5 nitrogen and oxygen atoms in total. The van der Waals surface area contributed by atoms with Crippen LogP contribution in [-0.4, -0.2) is 34.3 Å². The monoisotopic (exact) mass is 494 g/mol. The molecular formula is C24H26F4N4OS. The lowest BCUT2D eigenvalue weighted by atomic mass is 9.97. The summed E-state index contributed by atoms with van der Waals surface area (Å²) in [4.78, 5) is 17.4. The Hall–Kier alpha value is -2.51. The SMILES string of the molecule is CC(C)(F)C[C@H](N[C@@H](c1ccc(-c2nc(C3CC3)cs2)cc1)C(F)(F)F)C(=O)NC1(C#N)CC1. The van der Waals surface area contributed by atoms with E-state index in [1.54, 1.807) is 12.1 Å². The van der Waals surface area contributed by atoms with Crippen LogP contribution in [0.5, 0.6) is 0 Å². The van der Waals surface area contributed by atoms with Crippen molar-refractivity contribution in [1.29, 1.82) is 5.26 Å². The number of nitriles is 1. The van der Waals surface area contributed by atoms with Crippen LogP contribution in [0, 0.1) is 11.3 Å². The topological polar surface area (TPSA) is 77.8 Å². The Morgan fingerprint density at radius 2 is 1.88 bits per heavy atom. The van der Waals surface area contributed by atoms with Gasteiger partial charge in [0, 0.05) is 23.3 Å². The summed E-state index contributed by atoms with van der Waals surface area (Å²) in [6, 6.07) is 4.17. The summed E-state index contributed by atoms with van der Waals surface area (Å²) in [6.45, 7) is 2.40. The van der Waals surface area contributed by atoms with E-state index in [0.717, 1.165) is 23.5 Å². The standard InChI is InChI=1S/C24H26F4N4OS/c1-22(2,25)11-17(20(33)32-23(13-29)9-10-23)30-19(24(26,27)28)15-5-7-16(8-6-15)21-31-18(12-34-21)14-3-4-14/h5-8,12,14,17,19,30H,3-4,9-11H2,1-2H3,(H,32,33)/t17-,19-/m0/s1. The number of rotatable bonds is 9. The fraction of sp³-hybridized carbons (Fsp3) is 0.542. The van der Waals surface area contributed by atoms with Gasteiger partial charge in [-0.3, -0.25) is 10.1 Å². The van der Waals surface area contributed by atoms with Crippen molar-refractivity contribution in [3.63, 3.8) is 0 Å². The number of hydrogen-bond acceptors (Lipinski definition) is 5. The highest BCUT2D eigenvalue weighted by atomic mass is 32.1. The average molecular weight is 495 g/mol. The summed E-state index contributed by atoms with van der Waals surface area (Å²) < 4.78 is 56.6. The molecule has 2 aromatic rings. The van der Waals surface area contributed by atoms with Crippen molar-refractivity contribution >= 4 is 17.2 Å². The van der Waals surface area contributed by atoms with E-state index in [4.69, 9.17) is 0 Å². The third-order valence-electron chi connectivity index (χ3n) is 6.04. The van der Waals surface area contributed by atoms with Gasteiger partial charge in [0.05, 0.1) is 17.8 Å². The lowest BCUT2D eigenvalue weighted by Crippen LogP contribution is -2.53. The molecule has 10 heteroatoms. The highest BCUT2D eigenvalue weighted by Gasteiger charge is 2.48. The number of hydrogen-bond donors (Lipinski definition) is 2. The number of amides is 1.